The van der Waals surface area contributed by atoms with Crippen LogP contribution in [-0.2, 0) is 16.0 Å². The standard InChI is InChI=1S/C24H29N3O5/c1-4-32-23-15-18(9-12-22(23)31-3)20-6-5-13-27(26-20)24(30)21(25-16(2)28)14-17-7-10-19(29)11-8-17/h7-12,15,21,29H,4-6,13-14H2,1-3H3,(H,25,28). The van der Waals surface area contributed by atoms with E-state index in [1.54, 1.807) is 31.4 Å². The van der Waals surface area contributed by atoms with Gasteiger partial charge in [-0.05, 0) is 55.7 Å². The molecule has 0 bridgehead atoms. The average Bonchev–Trinajstić information content (AvgIpc) is 2.79. The number of nitrogens with one attached hydrogen (secondary N) is 1. The van der Waals surface area contributed by atoms with E-state index in [2.05, 4.69) is 10.4 Å². The summed E-state index contributed by atoms with van der Waals surface area (Å²) in [5.74, 6) is 0.845. The van der Waals surface area contributed by atoms with Crippen molar-refractivity contribution in [3.05, 3.63) is 53.6 Å². The van der Waals surface area contributed by atoms with E-state index in [4.69, 9.17) is 9.47 Å². The maximum atomic E-state index is 13.3. The maximum Gasteiger partial charge on any atom is 0.265 e. The molecule has 2 aromatic carbocycles. The lowest BCUT2D eigenvalue weighted by Gasteiger charge is -2.28. The first-order valence-corrected chi connectivity index (χ1v) is 10.7. The molecule has 1 aliphatic heterocycles. The van der Waals surface area contributed by atoms with Crippen LogP contribution in [-0.4, -0.2) is 53.9 Å². The third kappa shape index (κ3) is 5.78. The number of aromatic hydroxyl groups is 1. The van der Waals surface area contributed by atoms with Gasteiger partial charge in [0.2, 0.25) is 5.91 Å². The monoisotopic (exact) mass is 439 g/mol. The molecule has 32 heavy (non-hydrogen) atoms. The van der Waals surface area contributed by atoms with Crippen molar-refractivity contribution < 1.29 is 24.2 Å². The number of phenols is 1. The Bertz CT molecular complexity index is 988. The minimum absolute atomic E-state index is 0.146. The Kier molecular flexibility index (Phi) is 7.70. The highest BCUT2D eigenvalue weighted by atomic mass is 16.5. The summed E-state index contributed by atoms with van der Waals surface area (Å²) in [6.45, 7) is 4.27. The molecule has 1 atom stereocenters. The van der Waals surface area contributed by atoms with Crippen LogP contribution in [0.1, 0.15) is 37.8 Å². The van der Waals surface area contributed by atoms with Crippen LogP contribution < -0.4 is 14.8 Å². The van der Waals surface area contributed by atoms with E-state index in [1.807, 2.05) is 25.1 Å². The lowest BCUT2D eigenvalue weighted by molar-refractivity contribution is -0.136. The predicted molar refractivity (Wildman–Crippen MR) is 121 cm³/mol. The highest BCUT2D eigenvalue weighted by Crippen LogP contribution is 2.29. The van der Waals surface area contributed by atoms with E-state index in [9.17, 15) is 14.7 Å². The van der Waals surface area contributed by atoms with Crippen LogP contribution in [0.4, 0.5) is 0 Å². The molecular formula is C24H29N3O5. The van der Waals surface area contributed by atoms with Gasteiger partial charge < -0.3 is 19.9 Å². The van der Waals surface area contributed by atoms with Gasteiger partial charge in [-0.15, -0.1) is 0 Å². The van der Waals surface area contributed by atoms with Gasteiger partial charge in [0.25, 0.3) is 5.91 Å². The molecule has 2 N–H and O–H groups in total. The zero-order chi connectivity index (χ0) is 23.1. The predicted octanol–water partition coefficient (Wildman–Crippen LogP) is 2.87. The van der Waals surface area contributed by atoms with Crippen molar-refractivity contribution in [3.63, 3.8) is 0 Å². The van der Waals surface area contributed by atoms with E-state index >= 15 is 0 Å². The average molecular weight is 440 g/mol. The second kappa shape index (κ2) is 10.7. The molecule has 3 rings (SSSR count). The third-order valence-corrected chi connectivity index (χ3v) is 5.13. The Morgan fingerprint density at radius 2 is 1.94 bits per heavy atom. The minimum atomic E-state index is -0.755. The van der Waals surface area contributed by atoms with E-state index < -0.39 is 6.04 Å². The van der Waals surface area contributed by atoms with Crippen molar-refractivity contribution in [1.29, 1.82) is 0 Å². The summed E-state index contributed by atoms with van der Waals surface area (Å²) in [6.07, 6.45) is 1.79. The van der Waals surface area contributed by atoms with Gasteiger partial charge in [0.15, 0.2) is 11.5 Å². The van der Waals surface area contributed by atoms with Crippen molar-refractivity contribution in [2.45, 2.75) is 39.2 Å². The Morgan fingerprint density at radius 1 is 1.19 bits per heavy atom. The molecule has 1 unspecified atom stereocenters. The van der Waals surface area contributed by atoms with Gasteiger partial charge in [-0.1, -0.05) is 12.1 Å². The number of hydrogen-bond donors (Lipinski definition) is 2. The molecule has 0 aromatic heterocycles. The molecule has 2 amide bonds. The van der Waals surface area contributed by atoms with Gasteiger partial charge in [-0.25, -0.2) is 5.01 Å². The quantitative estimate of drug-likeness (QED) is 0.659. The van der Waals surface area contributed by atoms with Crippen LogP contribution in [0.25, 0.3) is 0 Å². The summed E-state index contributed by atoms with van der Waals surface area (Å²) in [4.78, 5) is 25.0. The largest absolute Gasteiger partial charge is 0.508 e. The van der Waals surface area contributed by atoms with Gasteiger partial charge in [-0.2, -0.15) is 5.10 Å². The summed E-state index contributed by atoms with van der Waals surface area (Å²) < 4.78 is 11.0. The molecule has 8 nitrogen and oxygen atoms in total. The normalized spacial score (nSPS) is 14.3. The van der Waals surface area contributed by atoms with Gasteiger partial charge in [-0.3, -0.25) is 9.59 Å². The topological polar surface area (TPSA) is 100 Å². The molecule has 2 aromatic rings. The zero-order valence-corrected chi connectivity index (χ0v) is 18.6. The number of phenolic OH excluding ortho intramolecular Hbond substituents is 1. The molecule has 170 valence electrons. The second-order valence-electron chi connectivity index (χ2n) is 7.53. The number of methoxy groups -OCH3 is 1. The molecule has 0 fully saturated rings. The fourth-order valence-electron chi connectivity index (χ4n) is 3.62. The second-order valence-corrected chi connectivity index (χ2v) is 7.53. The van der Waals surface area contributed by atoms with Crippen LogP contribution >= 0.6 is 0 Å². The fourth-order valence-corrected chi connectivity index (χ4v) is 3.62. The molecule has 0 saturated carbocycles. The number of hydrazone groups is 1. The number of rotatable bonds is 8. The SMILES string of the molecule is CCOc1cc(C2=NN(C(=O)C(Cc3ccc(O)cc3)NC(C)=O)CCC2)ccc1OC. The third-order valence-electron chi connectivity index (χ3n) is 5.13. The number of benzene rings is 2. The summed E-state index contributed by atoms with van der Waals surface area (Å²) in [6, 6.07) is 11.4. The lowest BCUT2D eigenvalue weighted by atomic mass is 10.0. The van der Waals surface area contributed by atoms with Crippen LogP contribution in [0.5, 0.6) is 17.2 Å². The molecular weight excluding hydrogens is 410 g/mol. The van der Waals surface area contributed by atoms with E-state index in [0.717, 1.165) is 29.7 Å². The fraction of sp³-hybridized carbons (Fsp3) is 0.375. The smallest absolute Gasteiger partial charge is 0.265 e. The Balaban J connectivity index is 1.84. The van der Waals surface area contributed by atoms with Crippen molar-refractivity contribution in [2.75, 3.05) is 20.3 Å². The summed E-state index contributed by atoms with van der Waals surface area (Å²) in [5.41, 5.74) is 2.47. The highest BCUT2D eigenvalue weighted by Gasteiger charge is 2.28. The van der Waals surface area contributed by atoms with Crippen molar-refractivity contribution in [1.82, 2.24) is 10.3 Å². The first kappa shape index (κ1) is 23.1. The van der Waals surface area contributed by atoms with Gasteiger partial charge in [0, 0.05) is 25.5 Å². The number of carbonyl (C=O) groups is 2. The van der Waals surface area contributed by atoms with E-state index in [0.29, 0.717) is 31.1 Å². The molecule has 0 spiro atoms. The van der Waals surface area contributed by atoms with E-state index in [1.165, 1.54) is 11.9 Å². The summed E-state index contributed by atoms with van der Waals surface area (Å²) in [7, 11) is 1.59. The molecule has 8 heteroatoms. The van der Waals surface area contributed by atoms with E-state index in [-0.39, 0.29) is 17.6 Å². The zero-order valence-electron chi connectivity index (χ0n) is 18.6. The number of carbonyl (C=O) groups excluding carboxylic acids is 2. The van der Waals surface area contributed by atoms with Gasteiger partial charge >= 0.3 is 0 Å². The first-order valence-electron chi connectivity index (χ1n) is 10.7. The molecule has 1 aliphatic rings. The maximum absolute atomic E-state index is 13.3. The number of hydrogen-bond acceptors (Lipinski definition) is 6. The number of ether oxygens (including phenoxy) is 2. The Hall–Kier alpha value is -3.55. The lowest BCUT2D eigenvalue weighted by Crippen LogP contribution is -2.48. The summed E-state index contributed by atoms with van der Waals surface area (Å²) in [5, 5.41) is 18.3. The number of amides is 2. The van der Waals surface area contributed by atoms with Crippen LogP contribution in [0.2, 0.25) is 0 Å². The first-order chi connectivity index (χ1) is 15.4. The molecule has 0 saturated heterocycles. The highest BCUT2D eigenvalue weighted by molar-refractivity contribution is 6.02. The molecule has 1 heterocycles. The summed E-state index contributed by atoms with van der Waals surface area (Å²) >= 11 is 0. The van der Waals surface area contributed by atoms with Crippen molar-refractivity contribution in [2.24, 2.45) is 5.10 Å². The van der Waals surface area contributed by atoms with Crippen molar-refractivity contribution >= 4 is 17.5 Å². The van der Waals surface area contributed by atoms with Crippen LogP contribution in [0, 0.1) is 0 Å². The van der Waals surface area contributed by atoms with Crippen LogP contribution in [0.15, 0.2) is 47.6 Å². The number of nitrogens with zero attached hydrogens (tertiary/aromatic N) is 2. The Labute approximate surface area is 187 Å². The Morgan fingerprint density at radius 3 is 2.59 bits per heavy atom. The van der Waals surface area contributed by atoms with Gasteiger partial charge in [0.1, 0.15) is 11.8 Å². The van der Waals surface area contributed by atoms with Crippen LogP contribution in [0.3, 0.4) is 0 Å². The van der Waals surface area contributed by atoms with Gasteiger partial charge in [0.05, 0.1) is 19.4 Å². The molecule has 0 aliphatic carbocycles. The molecule has 0 radical (unpaired) electrons. The van der Waals surface area contributed by atoms with Crippen molar-refractivity contribution in [3.8, 4) is 17.2 Å². The minimum Gasteiger partial charge on any atom is -0.508 e.